The molecule has 0 unspecified atom stereocenters. The largest absolute Gasteiger partial charge is 0.306 e. The number of halogens is 2. The van der Waals surface area contributed by atoms with E-state index >= 15 is 0 Å². The van der Waals surface area contributed by atoms with Crippen LogP contribution in [0, 0.1) is 0 Å². The minimum atomic E-state index is 0.386. The lowest BCUT2D eigenvalue weighted by molar-refractivity contribution is 0.258. The number of likely N-dealkylation sites (N-methyl/N-ethyl adjacent to an activating group) is 1. The summed E-state index contributed by atoms with van der Waals surface area (Å²) >= 11 is 12.3. The number of fused-ring (bicyclic) bond motifs is 1. The third kappa shape index (κ3) is 2.96. The molecule has 0 aliphatic heterocycles. The summed E-state index contributed by atoms with van der Waals surface area (Å²) in [5, 5.41) is 1.26. The van der Waals surface area contributed by atoms with Crippen molar-refractivity contribution in [2.75, 3.05) is 14.1 Å². The van der Waals surface area contributed by atoms with E-state index in [2.05, 4.69) is 49.3 Å². The maximum atomic E-state index is 6.22. The van der Waals surface area contributed by atoms with Gasteiger partial charge in [-0.15, -0.1) is 0 Å². The van der Waals surface area contributed by atoms with Gasteiger partial charge in [0.1, 0.15) is 0 Å². The first-order valence-corrected chi connectivity index (χ1v) is 8.01. The van der Waals surface area contributed by atoms with Gasteiger partial charge in [0.15, 0.2) is 0 Å². The van der Waals surface area contributed by atoms with Crippen molar-refractivity contribution < 1.29 is 0 Å². The van der Waals surface area contributed by atoms with E-state index in [4.69, 9.17) is 23.2 Å². The molecule has 1 aliphatic carbocycles. The van der Waals surface area contributed by atoms with E-state index in [1.54, 1.807) is 0 Å². The molecule has 0 saturated heterocycles. The van der Waals surface area contributed by atoms with Crippen LogP contribution in [0.5, 0.6) is 0 Å². The Morgan fingerprint density at radius 1 is 1.00 bits per heavy atom. The summed E-state index contributed by atoms with van der Waals surface area (Å²) in [6, 6.07) is 15.3. The predicted molar refractivity (Wildman–Crippen MR) is 90.5 cm³/mol. The van der Waals surface area contributed by atoms with Crippen molar-refractivity contribution in [1.29, 1.82) is 0 Å². The zero-order valence-corrected chi connectivity index (χ0v) is 13.8. The molecule has 0 aromatic heterocycles. The normalized spacial score (nSPS) is 21.4. The zero-order chi connectivity index (χ0) is 15.0. The van der Waals surface area contributed by atoms with E-state index in [0.29, 0.717) is 22.0 Å². The second-order valence-electron chi connectivity index (χ2n) is 5.98. The molecule has 0 bridgehead atoms. The van der Waals surface area contributed by atoms with Crippen LogP contribution in [0.1, 0.15) is 29.0 Å². The lowest BCUT2D eigenvalue weighted by atomic mass is 9.76. The van der Waals surface area contributed by atoms with E-state index in [9.17, 15) is 0 Å². The Morgan fingerprint density at radius 2 is 1.76 bits per heavy atom. The summed E-state index contributed by atoms with van der Waals surface area (Å²) in [6.45, 7) is 0. The highest BCUT2D eigenvalue weighted by Gasteiger charge is 2.29. The van der Waals surface area contributed by atoms with E-state index in [-0.39, 0.29) is 0 Å². The Labute approximate surface area is 136 Å². The fraction of sp³-hybridized carbons (Fsp3) is 0.333. The van der Waals surface area contributed by atoms with Crippen LogP contribution >= 0.6 is 23.2 Å². The smallest absolute Gasteiger partial charge is 0.0595 e. The predicted octanol–water partition coefficient (Wildman–Crippen LogP) is 5.00. The van der Waals surface area contributed by atoms with Crippen LogP contribution in [-0.2, 0) is 6.42 Å². The Balaban J connectivity index is 2.05. The summed E-state index contributed by atoms with van der Waals surface area (Å²) in [5.74, 6) is 0.386. The van der Waals surface area contributed by atoms with Gasteiger partial charge in [-0.1, -0.05) is 53.5 Å². The second-order valence-corrected chi connectivity index (χ2v) is 6.80. The van der Waals surface area contributed by atoms with Crippen LogP contribution in [0.3, 0.4) is 0 Å². The number of benzene rings is 2. The molecular formula is C18H19Cl2N. The molecule has 1 nitrogen and oxygen atoms in total. The van der Waals surface area contributed by atoms with E-state index in [0.717, 1.165) is 12.8 Å². The fourth-order valence-corrected chi connectivity index (χ4v) is 3.54. The molecule has 21 heavy (non-hydrogen) atoms. The first-order valence-electron chi connectivity index (χ1n) is 7.25. The number of nitrogens with zero attached hydrogens (tertiary/aromatic N) is 1. The van der Waals surface area contributed by atoms with Gasteiger partial charge in [-0.05, 0) is 55.8 Å². The lowest BCUT2D eigenvalue weighted by Crippen LogP contribution is -2.35. The minimum Gasteiger partial charge on any atom is -0.306 e. The molecule has 3 rings (SSSR count). The molecule has 3 heteroatoms. The Kier molecular flexibility index (Phi) is 4.26. The topological polar surface area (TPSA) is 3.24 Å². The van der Waals surface area contributed by atoms with Gasteiger partial charge in [0.05, 0.1) is 10.0 Å². The Morgan fingerprint density at radius 3 is 2.48 bits per heavy atom. The Hall–Kier alpha value is -1.02. The lowest BCUT2D eigenvalue weighted by Gasteiger charge is -2.35. The van der Waals surface area contributed by atoms with Gasteiger partial charge in [-0.25, -0.2) is 0 Å². The highest BCUT2D eigenvalue weighted by atomic mass is 35.5. The molecule has 2 atom stereocenters. The van der Waals surface area contributed by atoms with Crippen molar-refractivity contribution in [2.45, 2.75) is 24.8 Å². The van der Waals surface area contributed by atoms with Crippen molar-refractivity contribution in [2.24, 2.45) is 0 Å². The monoisotopic (exact) mass is 319 g/mol. The number of rotatable bonds is 2. The average Bonchev–Trinajstić information content (AvgIpc) is 2.49. The summed E-state index contributed by atoms with van der Waals surface area (Å²) in [5.41, 5.74) is 4.12. The maximum absolute atomic E-state index is 6.22. The van der Waals surface area contributed by atoms with Gasteiger partial charge >= 0.3 is 0 Å². The highest BCUT2D eigenvalue weighted by molar-refractivity contribution is 6.42. The summed E-state index contributed by atoms with van der Waals surface area (Å²) in [4.78, 5) is 2.32. The summed E-state index contributed by atoms with van der Waals surface area (Å²) < 4.78 is 0. The van der Waals surface area contributed by atoms with Crippen LogP contribution < -0.4 is 0 Å². The van der Waals surface area contributed by atoms with Crippen LogP contribution in [0.4, 0.5) is 0 Å². The third-order valence-electron chi connectivity index (χ3n) is 4.47. The van der Waals surface area contributed by atoms with Crippen molar-refractivity contribution in [3.8, 4) is 0 Å². The molecule has 0 heterocycles. The van der Waals surface area contributed by atoms with Crippen molar-refractivity contribution in [3.05, 3.63) is 69.2 Å². The molecule has 0 fully saturated rings. The molecule has 1 aliphatic rings. The SMILES string of the molecule is CN(C)[C@@H]1Cc2ccccc2[C@@H](c2ccc(Cl)c(Cl)c2)C1. The molecule has 0 spiro atoms. The maximum Gasteiger partial charge on any atom is 0.0595 e. The first-order chi connectivity index (χ1) is 10.1. The second kappa shape index (κ2) is 6.00. The number of hydrogen-bond donors (Lipinski definition) is 0. The van der Waals surface area contributed by atoms with Crippen LogP contribution in [0.2, 0.25) is 10.0 Å². The summed E-state index contributed by atoms with van der Waals surface area (Å²) in [7, 11) is 4.31. The first kappa shape index (κ1) is 14.9. The minimum absolute atomic E-state index is 0.386. The molecule has 0 amide bonds. The third-order valence-corrected chi connectivity index (χ3v) is 5.21. The number of hydrogen-bond acceptors (Lipinski definition) is 1. The van der Waals surface area contributed by atoms with E-state index < -0.39 is 0 Å². The van der Waals surface area contributed by atoms with Crippen LogP contribution in [0.25, 0.3) is 0 Å². The van der Waals surface area contributed by atoms with Crippen molar-refractivity contribution in [1.82, 2.24) is 4.90 Å². The molecule has 0 radical (unpaired) electrons. The zero-order valence-electron chi connectivity index (χ0n) is 12.3. The van der Waals surface area contributed by atoms with Crippen LogP contribution in [0.15, 0.2) is 42.5 Å². The Bertz CT molecular complexity index is 651. The van der Waals surface area contributed by atoms with E-state index in [1.807, 2.05) is 12.1 Å². The fourth-order valence-electron chi connectivity index (χ4n) is 3.23. The molecule has 0 N–H and O–H groups in total. The van der Waals surface area contributed by atoms with Gasteiger partial charge in [-0.3, -0.25) is 0 Å². The van der Waals surface area contributed by atoms with Gasteiger partial charge in [-0.2, -0.15) is 0 Å². The molecule has 0 saturated carbocycles. The van der Waals surface area contributed by atoms with Gasteiger partial charge in [0.2, 0.25) is 0 Å². The van der Waals surface area contributed by atoms with Gasteiger partial charge in [0.25, 0.3) is 0 Å². The van der Waals surface area contributed by atoms with Gasteiger partial charge in [0, 0.05) is 12.0 Å². The van der Waals surface area contributed by atoms with E-state index in [1.165, 1.54) is 16.7 Å². The molecule has 2 aromatic rings. The van der Waals surface area contributed by atoms with Crippen molar-refractivity contribution >= 4 is 23.2 Å². The standard InChI is InChI=1S/C18H19Cl2N/c1-21(2)14-9-12-5-3-4-6-15(12)16(11-14)13-7-8-17(19)18(20)10-13/h3-8,10,14,16H,9,11H2,1-2H3/t14-,16-/m1/s1. The molecule has 2 aromatic carbocycles. The summed E-state index contributed by atoms with van der Waals surface area (Å²) in [6.07, 6.45) is 2.23. The van der Waals surface area contributed by atoms with Crippen LogP contribution in [-0.4, -0.2) is 25.0 Å². The highest BCUT2D eigenvalue weighted by Crippen LogP contribution is 2.39. The molecule has 110 valence electrons. The van der Waals surface area contributed by atoms with Gasteiger partial charge < -0.3 is 4.90 Å². The average molecular weight is 320 g/mol. The quantitative estimate of drug-likeness (QED) is 0.752. The van der Waals surface area contributed by atoms with Crippen molar-refractivity contribution in [3.63, 3.8) is 0 Å². The molecular weight excluding hydrogens is 301 g/mol.